The molecule has 1 fully saturated rings. The van der Waals surface area contributed by atoms with Crippen LogP contribution >= 0.6 is 31.9 Å². The Bertz CT molecular complexity index is 502. The van der Waals surface area contributed by atoms with E-state index in [0.29, 0.717) is 13.1 Å². The summed E-state index contributed by atoms with van der Waals surface area (Å²) in [7, 11) is -2.82. The molecule has 0 N–H and O–H groups in total. The lowest BCUT2D eigenvalue weighted by molar-refractivity contribution is 0.586. The molecule has 94 valence electrons. The highest BCUT2D eigenvalue weighted by atomic mass is 79.9. The first-order valence-electron chi connectivity index (χ1n) is 5.31. The Morgan fingerprint density at radius 2 is 1.88 bits per heavy atom. The Morgan fingerprint density at radius 1 is 1.24 bits per heavy atom. The molecule has 1 aromatic rings. The van der Waals surface area contributed by atoms with Crippen molar-refractivity contribution < 1.29 is 8.42 Å². The first-order chi connectivity index (χ1) is 8.02. The third kappa shape index (κ3) is 3.23. The molecule has 2 rings (SSSR count). The maximum absolute atomic E-state index is 11.4. The van der Waals surface area contributed by atoms with E-state index in [1.165, 1.54) is 5.56 Å². The molecule has 1 aliphatic heterocycles. The van der Waals surface area contributed by atoms with Crippen LogP contribution in [-0.4, -0.2) is 33.0 Å². The predicted octanol–water partition coefficient (Wildman–Crippen LogP) is 2.58. The number of hydrogen-bond acceptors (Lipinski definition) is 3. The van der Waals surface area contributed by atoms with Crippen LogP contribution in [0.2, 0.25) is 0 Å². The van der Waals surface area contributed by atoms with Gasteiger partial charge >= 0.3 is 0 Å². The van der Waals surface area contributed by atoms with Gasteiger partial charge in [0, 0.05) is 28.6 Å². The lowest BCUT2D eigenvalue weighted by atomic mass is 10.2. The molecule has 0 amide bonds. The highest BCUT2D eigenvalue weighted by molar-refractivity contribution is 9.10. The Morgan fingerprint density at radius 3 is 2.47 bits per heavy atom. The number of sulfone groups is 1. The minimum Gasteiger partial charge on any atom is -0.369 e. The molecule has 0 saturated carbocycles. The van der Waals surface area contributed by atoms with Gasteiger partial charge in [-0.3, -0.25) is 0 Å². The van der Waals surface area contributed by atoms with Crippen LogP contribution in [0.1, 0.15) is 5.56 Å². The summed E-state index contributed by atoms with van der Waals surface area (Å²) in [4.78, 5) is 2.14. The summed E-state index contributed by atoms with van der Waals surface area (Å²) in [5, 5.41) is 0.777. The Kier molecular flexibility index (Phi) is 4.15. The summed E-state index contributed by atoms with van der Waals surface area (Å²) in [6.07, 6.45) is 0. The van der Waals surface area contributed by atoms with Gasteiger partial charge in [0.05, 0.1) is 11.5 Å². The zero-order chi connectivity index (χ0) is 12.5. The fourth-order valence-electron chi connectivity index (χ4n) is 1.90. The molecule has 0 spiro atoms. The molecule has 1 aromatic carbocycles. The maximum atomic E-state index is 11.4. The van der Waals surface area contributed by atoms with E-state index in [4.69, 9.17) is 0 Å². The normalized spacial score (nSPS) is 19.3. The van der Waals surface area contributed by atoms with Gasteiger partial charge in [-0.2, -0.15) is 0 Å². The molecule has 0 aliphatic carbocycles. The lowest BCUT2D eigenvalue weighted by Crippen LogP contribution is -2.40. The van der Waals surface area contributed by atoms with Crippen LogP contribution in [0.4, 0.5) is 5.69 Å². The van der Waals surface area contributed by atoms with Crippen LogP contribution < -0.4 is 4.90 Å². The number of halogens is 2. The average Bonchev–Trinajstić information content (AvgIpc) is 2.29. The van der Waals surface area contributed by atoms with E-state index in [1.54, 1.807) is 0 Å². The van der Waals surface area contributed by atoms with E-state index >= 15 is 0 Å². The second-order valence-electron chi connectivity index (χ2n) is 4.05. The zero-order valence-electron chi connectivity index (χ0n) is 9.20. The van der Waals surface area contributed by atoms with E-state index < -0.39 is 9.84 Å². The standard InChI is InChI=1S/C11H13Br2NO2S/c12-8-9-1-2-10(13)7-11(9)14-3-5-17(15,16)6-4-14/h1-2,7H,3-6,8H2. The number of benzene rings is 1. The number of anilines is 1. The summed E-state index contributed by atoms with van der Waals surface area (Å²) < 4.78 is 23.8. The zero-order valence-corrected chi connectivity index (χ0v) is 13.2. The highest BCUT2D eigenvalue weighted by Crippen LogP contribution is 2.28. The highest BCUT2D eigenvalue weighted by Gasteiger charge is 2.23. The smallest absolute Gasteiger partial charge is 0.153 e. The molecule has 1 heterocycles. The second kappa shape index (κ2) is 5.28. The molecule has 6 heteroatoms. The summed E-state index contributed by atoms with van der Waals surface area (Å²) >= 11 is 6.92. The van der Waals surface area contributed by atoms with Crippen molar-refractivity contribution in [1.29, 1.82) is 0 Å². The van der Waals surface area contributed by atoms with Crippen LogP contribution in [0.25, 0.3) is 0 Å². The van der Waals surface area contributed by atoms with E-state index in [9.17, 15) is 8.42 Å². The molecule has 0 atom stereocenters. The number of rotatable bonds is 2. The molecule has 17 heavy (non-hydrogen) atoms. The van der Waals surface area contributed by atoms with Gasteiger partial charge in [-0.25, -0.2) is 8.42 Å². The van der Waals surface area contributed by atoms with Crippen LogP contribution in [0.15, 0.2) is 22.7 Å². The number of alkyl halides is 1. The number of hydrogen-bond donors (Lipinski definition) is 0. The average molecular weight is 383 g/mol. The minimum atomic E-state index is -2.82. The minimum absolute atomic E-state index is 0.251. The Hall–Kier alpha value is -0.0700. The topological polar surface area (TPSA) is 37.4 Å². The first-order valence-corrected chi connectivity index (χ1v) is 9.05. The van der Waals surface area contributed by atoms with Crippen molar-refractivity contribution >= 4 is 47.4 Å². The van der Waals surface area contributed by atoms with Crippen LogP contribution in [0.3, 0.4) is 0 Å². The maximum Gasteiger partial charge on any atom is 0.153 e. The van der Waals surface area contributed by atoms with Gasteiger partial charge in [0.2, 0.25) is 0 Å². The molecule has 0 radical (unpaired) electrons. The SMILES string of the molecule is O=S1(=O)CCN(c2cc(Br)ccc2CBr)CC1. The fraction of sp³-hybridized carbons (Fsp3) is 0.455. The summed E-state index contributed by atoms with van der Waals surface area (Å²) in [6.45, 7) is 1.16. The molecular weight excluding hydrogens is 370 g/mol. The molecule has 3 nitrogen and oxygen atoms in total. The third-order valence-electron chi connectivity index (χ3n) is 2.88. The fourth-order valence-corrected chi connectivity index (χ4v) is 3.92. The monoisotopic (exact) mass is 381 g/mol. The van der Waals surface area contributed by atoms with Crippen molar-refractivity contribution in [2.45, 2.75) is 5.33 Å². The predicted molar refractivity (Wildman–Crippen MR) is 77.6 cm³/mol. The third-order valence-corrected chi connectivity index (χ3v) is 5.58. The molecule has 0 unspecified atom stereocenters. The molecule has 0 bridgehead atoms. The summed E-state index contributed by atoms with van der Waals surface area (Å²) in [5.74, 6) is 0.502. The Labute approximate surface area is 118 Å². The largest absolute Gasteiger partial charge is 0.369 e. The van der Waals surface area contributed by atoms with Gasteiger partial charge in [0.25, 0.3) is 0 Å². The van der Waals surface area contributed by atoms with Gasteiger partial charge < -0.3 is 4.90 Å². The van der Waals surface area contributed by atoms with E-state index in [-0.39, 0.29) is 11.5 Å². The van der Waals surface area contributed by atoms with Gasteiger partial charge in [0.1, 0.15) is 0 Å². The van der Waals surface area contributed by atoms with Gasteiger partial charge in [-0.1, -0.05) is 37.9 Å². The van der Waals surface area contributed by atoms with Crippen LogP contribution in [0.5, 0.6) is 0 Å². The molecule has 1 aliphatic rings. The van der Waals surface area contributed by atoms with Crippen molar-refractivity contribution in [2.24, 2.45) is 0 Å². The van der Waals surface area contributed by atoms with Crippen molar-refractivity contribution in [3.8, 4) is 0 Å². The van der Waals surface area contributed by atoms with Crippen LogP contribution in [-0.2, 0) is 15.2 Å². The molecule has 0 aromatic heterocycles. The van der Waals surface area contributed by atoms with Gasteiger partial charge in [0.15, 0.2) is 9.84 Å². The first kappa shape index (κ1) is 13.4. The van der Waals surface area contributed by atoms with Gasteiger partial charge in [-0.15, -0.1) is 0 Å². The van der Waals surface area contributed by atoms with Crippen molar-refractivity contribution in [1.82, 2.24) is 0 Å². The van der Waals surface area contributed by atoms with Crippen molar-refractivity contribution in [3.05, 3.63) is 28.2 Å². The summed E-state index contributed by atoms with van der Waals surface area (Å²) in [6, 6.07) is 6.10. The molecule has 1 saturated heterocycles. The number of nitrogens with zero attached hydrogens (tertiary/aromatic N) is 1. The van der Waals surface area contributed by atoms with Crippen LogP contribution in [0, 0.1) is 0 Å². The second-order valence-corrected chi connectivity index (χ2v) is 7.83. The van der Waals surface area contributed by atoms with Crippen molar-refractivity contribution in [2.75, 3.05) is 29.5 Å². The Balaban J connectivity index is 2.26. The van der Waals surface area contributed by atoms with E-state index in [0.717, 1.165) is 15.5 Å². The van der Waals surface area contributed by atoms with E-state index in [1.807, 2.05) is 6.07 Å². The van der Waals surface area contributed by atoms with Crippen molar-refractivity contribution in [3.63, 3.8) is 0 Å². The summed E-state index contributed by atoms with van der Waals surface area (Å²) in [5.41, 5.74) is 2.30. The molecular formula is C11H13Br2NO2S. The quantitative estimate of drug-likeness (QED) is 0.737. The van der Waals surface area contributed by atoms with E-state index in [2.05, 4.69) is 48.9 Å². The van der Waals surface area contributed by atoms with Gasteiger partial charge in [-0.05, 0) is 17.7 Å². The lowest BCUT2D eigenvalue weighted by Gasteiger charge is -2.30.